The Balaban J connectivity index is 2.52. The smallest absolute Gasteiger partial charge is 0.348 e. The highest BCUT2D eigenvalue weighted by atomic mass is 19.1. The van der Waals surface area contributed by atoms with Crippen LogP contribution in [0.4, 0.5) is 4.39 Å². The van der Waals surface area contributed by atoms with Crippen LogP contribution in [0.15, 0.2) is 29.8 Å². The second-order valence-corrected chi connectivity index (χ2v) is 4.63. The second-order valence-electron chi connectivity index (χ2n) is 4.63. The first-order valence-corrected chi connectivity index (χ1v) is 6.50. The van der Waals surface area contributed by atoms with Crippen molar-refractivity contribution in [2.45, 2.75) is 13.8 Å². The van der Waals surface area contributed by atoms with Crippen LogP contribution in [0.25, 0.3) is 11.8 Å². The van der Waals surface area contributed by atoms with Crippen molar-refractivity contribution in [3.63, 3.8) is 0 Å². The van der Waals surface area contributed by atoms with E-state index in [0.717, 1.165) is 5.69 Å². The van der Waals surface area contributed by atoms with Crippen molar-refractivity contribution >= 4 is 12.0 Å². The minimum Gasteiger partial charge on any atom is -0.465 e. The van der Waals surface area contributed by atoms with Gasteiger partial charge in [0.15, 0.2) is 0 Å². The lowest BCUT2D eigenvalue weighted by Crippen LogP contribution is -2.03. The van der Waals surface area contributed by atoms with Gasteiger partial charge in [-0.15, -0.1) is 0 Å². The van der Waals surface area contributed by atoms with Gasteiger partial charge in [-0.2, -0.15) is 10.4 Å². The van der Waals surface area contributed by atoms with E-state index in [1.54, 1.807) is 23.7 Å². The summed E-state index contributed by atoms with van der Waals surface area (Å²) in [6.07, 6.45) is 1.45. The summed E-state index contributed by atoms with van der Waals surface area (Å²) in [4.78, 5) is 11.5. The molecule has 6 heteroatoms. The first kappa shape index (κ1) is 15.4. The summed E-state index contributed by atoms with van der Waals surface area (Å²) in [7, 11) is 1.22. The highest BCUT2D eigenvalue weighted by Crippen LogP contribution is 2.21. The highest BCUT2D eigenvalue weighted by Gasteiger charge is 2.15. The van der Waals surface area contributed by atoms with Crippen LogP contribution < -0.4 is 0 Å². The Morgan fingerprint density at radius 3 is 2.55 bits per heavy atom. The summed E-state index contributed by atoms with van der Waals surface area (Å²) in [6, 6.07) is 7.71. The van der Waals surface area contributed by atoms with Crippen LogP contribution in [0.1, 0.15) is 17.0 Å². The maximum absolute atomic E-state index is 13.0. The molecule has 0 aliphatic carbocycles. The molecule has 1 aromatic heterocycles. The maximum atomic E-state index is 13.0. The average molecular weight is 299 g/mol. The Morgan fingerprint density at radius 1 is 1.36 bits per heavy atom. The lowest BCUT2D eigenvalue weighted by molar-refractivity contribution is -0.135. The fourth-order valence-electron chi connectivity index (χ4n) is 2.09. The summed E-state index contributed by atoms with van der Waals surface area (Å²) in [5.74, 6) is -1.03. The number of ether oxygens (including phenoxy) is 1. The van der Waals surface area contributed by atoms with Gasteiger partial charge in [-0.25, -0.2) is 13.9 Å². The zero-order valence-electron chi connectivity index (χ0n) is 12.4. The van der Waals surface area contributed by atoms with Crippen LogP contribution in [0.5, 0.6) is 0 Å². The molecule has 5 nitrogen and oxygen atoms in total. The Labute approximate surface area is 127 Å². The van der Waals surface area contributed by atoms with Crippen LogP contribution in [0, 0.1) is 31.0 Å². The molecule has 0 fully saturated rings. The number of hydrogen-bond acceptors (Lipinski definition) is 4. The standard InChI is InChI=1S/C16H14FN3O2/c1-10-15(8-12(9-18)16(21)22-3)11(2)20(19-10)14-6-4-13(17)5-7-14/h4-8H,1-3H3/b12-8-. The van der Waals surface area contributed by atoms with Gasteiger partial charge in [-0.1, -0.05) is 0 Å². The van der Waals surface area contributed by atoms with E-state index in [1.165, 1.54) is 25.3 Å². The molecule has 0 unspecified atom stereocenters. The number of nitrogens with zero attached hydrogens (tertiary/aromatic N) is 3. The van der Waals surface area contributed by atoms with Crippen molar-refractivity contribution < 1.29 is 13.9 Å². The van der Waals surface area contributed by atoms with Gasteiger partial charge >= 0.3 is 5.97 Å². The van der Waals surface area contributed by atoms with Crippen molar-refractivity contribution in [1.82, 2.24) is 9.78 Å². The largest absolute Gasteiger partial charge is 0.465 e. The topological polar surface area (TPSA) is 67.9 Å². The molecular weight excluding hydrogens is 285 g/mol. The number of rotatable bonds is 3. The third-order valence-electron chi connectivity index (χ3n) is 3.23. The van der Waals surface area contributed by atoms with Crippen molar-refractivity contribution in [1.29, 1.82) is 5.26 Å². The maximum Gasteiger partial charge on any atom is 0.348 e. The van der Waals surface area contributed by atoms with Gasteiger partial charge in [-0.3, -0.25) is 0 Å². The number of halogens is 1. The summed E-state index contributed by atoms with van der Waals surface area (Å²) >= 11 is 0. The van der Waals surface area contributed by atoms with Gasteiger partial charge in [0.2, 0.25) is 0 Å². The van der Waals surface area contributed by atoms with E-state index in [2.05, 4.69) is 9.84 Å². The second kappa shape index (κ2) is 6.22. The zero-order valence-corrected chi connectivity index (χ0v) is 12.4. The van der Waals surface area contributed by atoms with Crippen molar-refractivity contribution in [3.05, 3.63) is 52.6 Å². The molecule has 0 aliphatic heterocycles. The first-order valence-electron chi connectivity index (χ1n) is 6.50. The van der Waals surface area contributed by atoms with Crippen molar-refractivity contribution in [2.24, 2.45) is 0 Å². The molecule has 1 heterocycles. The van der Waals surface area contributed by atoms with Crippen LogP contribution in [0.3, 0.4) is 0 Å². The summed E-state index contributed by atoms with van der Waals surface area (Å²) < 4.78 is 19.2. The molecule has 0 N–H and O–H groups in total. The number of hydrogen-bond donors (Lipinski definition) is 0. The predicted molar refractivity (Wildman–Crippen MR) is 78.6 cm³/mol. The fourth-order valence-corrected chi connectivity index (χ4v) is 2.09. The molecule has 1 aromatic carbocycles. The molecule has 2 aromatic rings. The quantitative estimate of drug-likeness (QED) is 0.496. The highest BCUT2D eigenvalue weighted by molar-refractivity contribution is 5.98. The van der Waals surface area contributed by atoms with E-state index in [1.807, 2.05) is 13.0 Å². The number of nitriles is 1. The Bertz CT molecular complexity index is 783. The molecule has 0 amide bonds. The Morgan fingerprint density at radius 2 is 2.00 bits per heavy atom. The van der Waals surface area contributed by atoms with Gasteiger partial charge in [0.1, 0.15) is 17.5 Å². The number of methoxy groups -OCH3 is 1. The van der Waals surface area contributed by atoms with Gasteiger partial charge in [-0.05, 0) is 44.2 Å². The average Bonchev–Trinajstić information content (AvgIpc) is 2.80. The first-order chi connectivity index (χ1) is 10.5. The molecule has 0 saturated heterocycles. The van der Waals surface area contributed by atoms with Crippen molar-refractivity contribution in [3.8, 4) is 11.8 Å². The lowest BCUT2D eigenvalue weighted by Gasteiger charge is -2.04. The minimum atomic E-state index is -0.698. The third kappa shape index (κ3) is 2.88. The normalized spacial score (nSPS) is 11.1. The zero-order chi connectivity index (χ0) is 16.3. The monoisotopic (exact) mass is 299 g/mol. The van der Waals surface area contributed by atoms with E-state index in [0.29, 0.717) is 16.9 Å². The SMILES string of the molecule is COC(=O)/C(C#N)=C\c1c(C)nn(-c2ccc(F)cc2)c1C. The van der Waals surface area contributed by atoms with Crippen LogP contribution in [-0.4, -0.2) is 22.9 Å². The number of benzene rings is 1. The fraction of sp³-hybridized carbons (Fsp3) is 0.188. The van der Waals surface area contributed by atoms with Gasteiger partial charge in [0, 0.05) is 11.3 Å². The summed E-state index contributed by atoms with van der Waals surface area (Å²) in [5.41, 5.74) is 2.64. The van der Waals surface area contributed by atoms with Gasteiger partial charge in [0.05, 0.1) is 18.5 Å². The number of aryl methyl sites for hydroxylation is 1. The van der Waals surface area contributed by atoms with Gasteiger partial charge < -0.3 is 4.74 Å². The number of esters is 1. The summed E-state index contributed by atoms with van der Waals surface area (Å²) in [5, 5.41) is 13.4. The van der Waals surface area contributed by atoms with E-state index in [4.69, 9.17) is 5.26 Å². The van der Waals surface area contributed by atoms with E-state index >= 15 is 0 Å². The molecule has 0 aliphatic rings. The summed E-state index contributed by atoms with van der Waals surface area (Å²) in [6.45, 7) is 3.58. The Kier molecular flexibility index (Phi) is 4.37. The lowest BCUT2D eigenvalue weighted by atomic mass is 10.1. The Hall–Kier alpha value is -2.94. The molecule has 0 saturated carbocycles. The number of aromatic nitrogens is 2. The predicted octanol–water partition coefficient (Wildman–Crippen LogP) is 2.71. The van der Waals surface area contributed by atoms with Crippen molar-refractivity contribution in [2.75, 3.05) is 7.11 Å². The molecule has 0 radical (unpaired) electrons. The van der Waals surface area contributed by atoms with E-state index in [9.17, 15) is 9.18 Å². The van der Waals surface area contributed by atoms with Crippen LogP contribution in [-0.2, 0) is 9.53 Å². The molecule has 112 valence electrons. The number of carbonyl (C=O) groups excluding carboxylic acids is 1. The molecular formula is C16H14FN3O2. The van der Waals surface area contributed by atoms with Gasteiger partial charge in [0.25, 0.3) is 0 Å². The van der Waals surface area contributed by atoms with Crippen LogP contribution >= 0.6 is 0 Å². The third-order valence-corrected chi connectivity index (χ3v) is 3.23. The van der Waals surface area contributed by atoms with E-state index in [-0.39, 0.29) is 11.4 Å². The molecule has 0 atom stereocenters. The van der Waals surface area contributed by atoms with Crippen LogP contribution in [0.2, 0.25) is 0 Å². The molecule has 2 rings (SSSR count). The van der Waals surface area contributed by atoms with E-state index < -0.39 is 5.97 Å². The molecule has 22 heavy (non-hydrogen) atoms. The minimum absolute atomic E-state index is 0.104. The molecule has 0 bridgehead atoms. The number of carbonyl (C=O) groups is 1. The molecule has 0 spiro atoms.